The zero-order valence-corrected chi connectivity index (χ0v) is 12.6. The minimum Gasteiger partial charge on any atom is -0.313 e. The molecule has 1 saturated heterocycles. The van der Waals surface area contributed by atoms with Gasteiger partial charge in [-0.1, -0.05) is 12.1 Å². The summed E-state index contributed by atoms with van der Waals surface area (Å²) >= 11 is 0. The molecule has 2 aliphatic rings. The Morgan fingerprint density at radius 1 is 1.24 bits per heavy atom. The molecule has 2 atom stereocenters. The van der Waals surface area contributed by atoms with Gasteiger partial charge in [0.05, 0.1) is 0 Å². The molecule has 1 aromatic carbocycles. The molecule has 0 spiro atoms. The Bertz CT molecular complexity index is 482. The van der Waals surface area contributed by atoms with E-state index in [1.54, 1.807) is 12.1 Å². The third kappa shape index (κ3) is 3.61. The van der Waals surface area contributed by atoms with Crippen LogP contribution in [0.5, 0.6) is 0 Å². The van der Waals surface area contributed by atoms with E-state index in [1.807, 2.05) is 6.92 Å². The van der Waals surface area contributed by atoms with Gasteiger partial charge in [-0.15, -0.1) is 0 Å². The Kier molecular flexibility index (Phi) is 4.55. The second kappa shape index (κ2) is 6.41. The molecule has 3 rings (SSSR count). The summed E-state index contributed by atoms with van der Waals surface area (Å²) in [4.78, 5) is 2.33. The summed E-state index contributed by atoms with van der Waals surface area (Å²) in [6, 6.07) is 4.92. The van der Waals surface area contributed by atoms with Crippen LogP contribution in [0.3, 0.4) is 0 Å². The topological polar surface area (TPSA) is 15.3 Å². The van der Waals surface area contributed by atoms with E-state index in [4.69, 9.17) is 0 Å². The maximum absolute atomic E-state index is 14.1. The summed E-state index contributed by atoms with van der Waals surface area (Å²) < 4.78 is 27.5. The molecule has 4 heteroatoms. The van der Waals surface area contributed by atoms with Crippen LogP contribution in [-0.2, 0) is 0 Å². The first kappa shape index (κ1) is 14.9. The maximum Gasteiger partial charge on any atom is 0.163 e. The number of nitrogens with zero attached hydrogens (tertiary/aromatic N) is 1. The quantitative estimate of drug-likeness (QED) is 0.864. The average Bonchev–Trinajstić information content (AvgIpc) is 3.14. The van der Waals surface area contributed by atoms with Gasteiger partial charge in [-0.3, -0.25) is 4.90 Å². The zero-order valence-electron chi connectivity index (χ0n) is 12.6. The van der Waals surface area contributed by atoms with Gasteiger partial charge in [-0.25, -0.2) is 8.78 Å². The van der Waals surface area contributed by atoms with Crippen molar-refractivity contribution in [3.8, 4) is 0 Å². The first-order chi connectivity index (χ1) is 10.1. The lowest BCUT2D eigenvalue weighted by atomic mass is 10.0. The van der Waals surface area contributed by atoms with Crippen LogP contribution >= 0.6 is 0 Å². The molecule has 0 radical (unpaired) electrons. The van der Waals surface area contributed by atoms with Crippen molar-refractivity contribution in [2.24, 2.45) is 5.92 Å². The molecule has 2 nitrogen and oxygen atoms in total. The van der Waals surface area contributed by atoms with E-state index >= 15 is 0 Å². The second-order valence-electron chi connectivity index (χ2n) is 6.51. The van der Waals surface area contributed by atoms with Crippen molar-refractivity contribution in [3.63, 3.8) is 0 Å². The number of halogens is 2. The van der Waals surface area contributed by atoms with Gasteiger partial charge in [0.1, 0.15) is 0 Å². The molecule has 21 heavy (non-hydrogen) atoms. The highest BCUT2D eigenvalue weighted by molar-refractivity contribution is 5.22. The second-order valence-corrected chi connectivity index (χ2v) is 6.51. The van der Waals surface area contributed by atoms with Gasteiger partial charge in [-0.2, -0.15) is 0 Å². The number of benzene rings is 1. The average molecular weight is 294 g/mol. The maximum atomic E-state index is 14.1. The molecule has 0 aromatic heterocycles. The van der Waals surface area contributed by atoms with E-state index in [0.29, 0.717) is 11.6 Å². The normalized spacial score (nSPS) is 23.7. The van der Waals surface area contributed by atoms with E-state index in [9.17, 15) is 8.78 Å². The molecule has 1 aliphatic heterocycles. The van der Waals surface area contributed by atoms with Crippen LogP contribution in [-0.4, -0.2) is 30.6 Å². The molecule has 1 saturated carbocycles. The summed E-state index contributed by atoms with van der Waals surface area (Å²) in [5, 5.41) is 3.50. The predicted octanol–water partition coefficient (Wildman–Crippen LogP) is 3.49. The van der Waals surface area contributed by atoms with Crippen molar-refractivity contribution in [1.82, 2.24) is 10.2 Å². The minimum absolute atomic E-state index is 0.0799. The van der Waals surface area contributed by atoms with Crippen LogP contribution in [0.2, 0.25) is 0 Å². The lowest BCUT2D eigenvalue weighted by Gasteiger charge is -2.32. The standard InChI is InChI=1S/C17H24F2N2/c1-12(15-5-2-6-16(18)17(15)19)21(10-13-7-8-13)11-14-4-3-9-20-14/h2,5-6,12-14,20H,3-4,7-11H2,1H3. The fourth-order valence-corrected chi connectivity index (χ4v) is 3.26. The Morgan fingerprint density at radius 2 is 2.05 bits per heavy atom. The van der Waals surface area contributed by atoms with Crippen LogP contribution < -0.4 is 5.32 Å². The fraction of sp³-hybridized carbons (Fsp3) is 0.647. The number of nitrogens with one attached hydrogen (secondary N) is 1. The van der Waals surface area contributed by atoms with Crippen molar-refractivity contribution >= 4 is 0 Å². The first-order valence-corrected chi connectivity index (χ1v) is 8.06. The van der Waals surface area contributed by atoms with Crippen LogP contribution in [0.4, 0.5) is 8.78 Å². The smallest absolute Gasteiger partial charge is 0.163 e. The van der Waals surface area contributed by atoms with Crippen molar-refractivity contribution in [3.05, 3.63) is 35.4 Å². The summed E-state index contributed by atoms with van der Waals surface area (Å²) in [5.74, 6) is -0.694. The third-order valence-electron chi connectivity index (χ3n) is 4.79. The molecule has 116 valence electrons. The van der Waals surface area contributed by atoms with Crippen molar-refractivity contribution in [2.75, 3.05) is 19.6 Å². The van der Waals surface area contributed by atoms with Crippen LogP contribution in [0, 0.1) is 17.6 Å². The molecule has 1 aromatic rings. The van der Waals surface area contributed by atoms with Gasteiger partial charge < -0.3 is 5.32 Å². The largest absolute Gasteiger partial charge is 0.313 e. The van der Waals surface area contributed by atoms with Gasteiger partial charge in [0.25, 0.3) is 0 Å². The monoisotopic (exact) mass is 294 g/mol. The molecule has 1 heterocycles. The van der Waals surface area contributed by atoms with Crippen LogP contribution in [0.25, 0.3) is 0 Å². The molecule has 0 amide bonds. The molecule has 0 bridgehead atoms. The summed E-state index contributed by atoms with van der Waals surface area (Å²) in [7, 11) is 0. The van der Waals surface area contributed by atoms with Crippen LogP contribution in [0.15, 0.2) is 18.2 Å². The fourth-order valence-electron chi connectivity index (χ4n) is 3.26. The highest BCUT2D eigenvalue weighted by atomic mass is 19.2. The molecular formula is C17H24F2N2. The molecule has 2 unspecified atom stereocenters. The van der Waals surface area contributed by atoms with Crippen molar-refractivity contribution < 1.29 is 8.78 Å². The van der Waals surface area contributed by atoms with E-state index in [0.717, 1.165) is 25.6 Å². The lowest BCUT2D eigenvalue weighted by Crippen LogP contribution is -2.40. The van der Waals surface area contributed by atoms with Crippen molar-refractivity contribution in [1.29, 1.82) is 0 Å². The van der Waals surface area contributed by atoms with Crippen LogP contribution in [0.1, 0.15) is 44.2 Å². The Labute approximate surface area is 125 Å². The highest BCUT2D eigenvalue weighted by Gasteiger charge is 2.30. The van der Waals surface area contributed by atoms with E-state index in [1.165, 1.54) is 31.7 Å². The first-order valence-electron chi connectivity index (χ1n) is 8.06. The Balaban J connectivity index is 1.75. The Hall–Kier alpha value is -1.00. The van der Waals surface area contributed by atoms with E-state index < -0.39 is 11.6 Å². The molecule has 2 fully saturated rings. The van der Waals surface area contributed by atoms with Gasteiger partial charge >= 0.3 is 0 Å². The predicted molar refractivity (Wildman–Crippen MR) is 80.1 cm³/mol. The number of hydrogen-bond acceptors (Lipinski definition) is 2. The SMILES string of the molecule is CC(c1cccc(F)c1F)N(CC1CC1)CC1CCCN1. The third-order valence-corrected chi connectivity index (χ3v) is 4.79. The van der Waals surface area contributed by atoms with Gasteiger partial charge in [0.2, 0.25) is 0 Å². The van der Waals surface area contributed by atoms with E-state index in [-0.39, 0.29) is 6.04 Å². The van der Waals surface area contributed by atoms with Crippen molar-refractivity contribution in [2.45, 2.75) is 44.7 Å². The summed E-state index contributed by atoms with van der Waals surface area (Å²) in [5.41, 5.74) is 0.480. The minimum atomic E-state index is -0.746. The number of rotatable bonds is 6. The highest BCUT2D eigenvalue weighted by Crippen LogP contribution is 2.34. The zero-order chi connectivity index (χ0) is 14.8. The van der Waals surface area contributed by atoms with E-state index in [2.05, 4.69) is 10.2 Å². The molecular weight excluding hydrogens is 270 g/mol. The summed E-state index contributed by atoms with van der Waals surface area (Å²) in [6.45, 7) is 4.99. The summed E-state index contributed by atoms with van der Waals surface area (Å²) in [6.07, 6.45) is 4.93. The molecule has 1 N–H and O–H groups in total. The van der Waals surface area contributed by atoms with Gasteiger partial charge in [0, 0.05) is 30.7 Å². The van der Waals surface area contributed by atoms with Gasteiger partial charge in [-0.05, 0) is 51.1 Å². The number of hydrogen-bond donors (Lipinski definition) is 1. The van der Waals surface area contributed by atoms with Gasteiger partial charge in [0.15, 0.2) is 11.6 Å². The Morgan fingerprint density at radius 3 is 2.71 bits per heavy atom. The molecule has 1 aliphatic carbocycles. The lowest BCUT2D eigenvalue weighted by molar-refractivity contribution is 0.180.